The van der Waals surface area contributed by atoms with Crippen molar-refractivity contribution in [2.75, 3.05) is 19.7 Å². The molecule has 1 atom stereocenters. The third-order valence-electron chi connectivity index (χ3n) is 2.70. The minimum Gasteiger partial charge on any atom is -0.369 e. The van der Waals surface area contributed by atoms with Gasteiger partial charge in [-0.3, -0.25) is 10.00 Å². The Bertz CT molecular complexity index is 271. The molecule has 1 aromatic heterocycles. The molecule has 2 heterocycles. The molecule has 1 unspecified atom stereocenters. The Morgan fingerprint density at radius 3 is 3.14 bits per heavy atom. The molecular formula is C10H17N3O. The van der Waals surface area contributed by atoms with E-state index in [1.807, 2.05) is 6.07 Å². The highest BCUT2D eigenvalue weighted by atomic mass is 16.5. The van der Waals surface area contributed by atoms with Crippen molar-refractivity contribution < 1.29 is 4.74 Å². The van der Waals surface area contributed by atoms with Crippen molar-refractivity contribution in [2.45, 2.75) is 26.0 Å². The van der Waals surface area contributed by atoms with Crippen LogP contribution in [0.15, 0.2) is 12.3 Å². The number of ether oxygens (including phenoxy) is 1. The van der Waals surface area contributed by atoms with Crippen LogP contribution in [0.4, 0.5) is 0 Å². The molecular weight excluding hydrogens is 178 g/mol. The van der Waals surface area contributed by atoms with E-state index in [0.29, 0.717) is 6.04 Å². The summed E-state index contributed by atoms with van der Waals surface area (Å²) in [6.07, 6.45) is 1.93. The molecule has 0 aliphatic carbocycles. The summed E-state index contributed by atoms with van der Waals surface area (Å²) >= 11 is 0. The lowest BCUT2D eigenvalue weighted by Gasteiger charge is -2.34. The van der Waals surface area contributed by atoms with Crippen molar-refractivity contribution >= 4 is 0 Å². The van der Waals surface area contributed by atoms with Crippen LogP contribution in [0.3, 0.4) is 0 Å². The van der Waals surface area contributed by atoms with Crippen LogP contribution < -0.4 is 0 Å². The molecule has 0 bridgehead atoms. The Morgan fingerprint density at radius 2 is 2.50 bits per heavy atom. The number of rotatable bonds is 2. The summed E-state index contributed by atoms with van der Waals surface area (Å²) in [6, 6.07) is 2.57. The molecule has 1 saturated heterocycles. The highest BCUT2D eigenvalue weighted by Gasteiger charge is 2.24. The number of aromatic amines is 1. The monoisotopic (exact) mass is 195 g/mol. The lowest BCUT2D eigenvalue weighted by atomic mass is 10.2. The molecule has 1 N–H and O–H groups in total. The van der Waals surface area contributed by atoms with Gasteiger partial charge in [0, 0.05) is 25.3 Å². The van der Waals surface area contributed by atoms with Crippen molar-refractivity contribution in [3.63, 3.8) is 0 Å². The van der Waals surface area contributed by atoms with Crippen molar-refractivity contribution in [1.29, 1.82) is 0 Å². The summed E-state index contributed by atoms with van der Waals surface area (Å²) in [5, 5.41) is 6.91. The van der Waals surface area contributed by atoms with Crippen LogP contribution in [-0.2, 0) is 4.74 Å². The molecule has 0 spiro atoms. The number of morpholine rings is 1. The fourth-order valence-electron chi connectivity index (χ4n) is 1.77. The smallest absolute Gasteiger partial charge is 0.112 e. The summed E-state index contributed by atoms with van der Waals surface area (Å²) in [5.74, 6) is 0. The van der Waals surface area contributed by atoms with Gasteiger partial charge in [-0.2, -0.15) is 5.10 Å². The van der Waals surface area contributed by atoms with Crippen LogP contribution in [0.5, 0.6) is 0 Å². The Kier molecular flexibility index (Phi) is 2.84. The van der Waals surface area contributed by atoms with Crippen LogP contribution in [-0.4, -0.2) is 40.8 Å². The maximum absolute atomic E-state index is 5.69. The van der Waals surface area contributed by atoms with Crippen LogP contribution in [0.1, 0.15) is 25.6 Å². The average molecular weight is 195 g/mol. The van der Waals surface area contributed by atoms with Crippen LogP contribution >= 0.6 is 0 Å². The second-order valence-electron chi connectivity index (χ2n) is 3.96. The lowest BCUT2D eigenvalue weighted by Crippen LogP contribution is -2.42. The molecule has 0 aromatic carbocycles. The van der Waals surface area contributed by atoms with E-state index in [4.69, 9.17) is 4.74 Å². The molecule has 1 fully saturated rings. The highest BCUT2D eigenvalue weighted by Crippen LogP contribution is 2.20. The van der Waals surface area contributed by atoms with Gasteiger partial charge in [0.1, 0.15) is 6.10 Å². The number of H-pyrrole nitrogens is 1. The van der Waals surface area contributed by atoms with Gasteiger partial charge in [-0.05, 0) is 19.9 Å². The molecule has 1 aliphatic rings. The third kappa shape index (κ3) is 1.96. The van der Waals surface area contributed by atoms with Gasteiger partial charge in [0.25, 0.3) is 0 Å². The largest absolute Gasteiger partial charge is 0.369 e. The first-order valence-corrected chi connectivity index (χ1v) is 5.12. The second-order valence-corrected chi connectivity index (χ2v) is 3.96. The Morgan fingerprint density at radius 1 is 1.64 bits per heavy atom. The van der Waals surface area contributed by atoms with E-state index in [1.54, 1.807) is 6.20 Å². The maximum atomic E-state index is 5.69. The Balaban J connectivity index is 2.01. The van der Waals surface area contributed by atoms with E-state index in [2.05, 4.69) is 28.9 Å². The number of nitrogens with one attached hydrogen (secondary N) is 1. The van der Waals surface area contributed by atoms with E-state index in [1.165, 1.54) is 0 Å². The zero-order chi connectivity index (χ0) is 9.97. The number of nitrogens with zero attached hydrogens (tertiary/aromatic N) is 2. The standard InChI is InChI=1S/C10H17N3O/c1-8(2)13-5-6-14-10(7-13)9-3-4-11-12-9/h3-4,8,10H,5-7H2,1-2H3,(H,11,12). The third-order valence-corrected chi connectivity index (χ3v) is 2.70. The SMILES string of the molecule is CC(C)N1CCOC(c2ccn[nH]2)C1. The average Bonchev–Trinajstić information content (AvgIpc) is 2.71. The van der Waals surface area contributed by atoms with E-state index >= 15 is 0 Å². The van der Waals surface area contributed by atoms with Crippen LogP contribution in [0.25, 0.3) is 0 Å². The quantitative estimate of drug-likeness (QED) is 0.770. The van der Waals surface area contributed by atoms with Crippen molar-refractivity contribution in [3.05, 3.63) is 18.0 Å². The van der Waals surface area contributed by atoms with Gasteiger partial charge in [0.05, 0.1) is 12.3 Å². The molecule has 14 heavy (non-hydrogen) atoms. The first kappa shape index (κ1) is 9.68. The second kappa shape index (κ2) is 4.11. The number of hydrogen-bond donors (Lipinski definition) is 1. The van der Waals surface area contributed by atoms with Crippen LogP contribution in [0.2, 0.25) is 0 Å². The van der Waals surface area contributed by atoms with Crippen LogP contribution in [0, 0.1) is 0 Å². The molecule has 0 amide bonds. The van der Waals surface area contributed by atoms with Crippen molar-refractivity contribution in [1.82, 2.24) is 15.1 Å². The van der Waals surface area contributed by atoms with E-state index in [9.17, 15) is 0 Å². The lowest BCUT2D eigenvalue weighted by molar-refractivity contribution is -0.0421. The summed E-state index contributed by atoms with van der Waals surface area (Å²) in [7, 11) is 0. The van der Waals surface area contributed by atoms with E-state index in [-0.39, 0.29) is 6.10 Å². The van der Waals surface area contributed by atoms with Gasteiger partial charge in [0.15, 0.2) is 0 Å². The minimum atomic E-state index is 0.161. The van der Waals surface area contributed by atoms with Crippen molar-refractivity contribution in [2.24, 2.45) is 0 Å². The molecule has 4 heteroatoms. The summed E-state index contributed by atoms with van der Waals surface area (Å²) in [6.45, 7) is 7.23. The van der Waals surface area contributed by atoms with Gasteiger partial charge in [0.2, 0.25) is 0 Å². The maximum Gasteiger partial charge on any atom is 0.112 e. The zero-order valence-electron chi connectivity index (χ0n) is 8.73. The highest BCUT2D eigenvalue weighted by molar-refractivity contribution is 5.03. The van der Waals surface area contributed by atoms with Gasteiger partial charge >= 0.3 is 0 Å². The van der Waals surface area contributed by atoms with Gasteiger partial charge in [-0.15, -0.1) is 0 Å². The van der Waals surface area contributed by atoms with Gasteiger partial charge in [-0.25, -0.2) is 0 Å². The molecule has 1 aliphatic heterocycles. The first-order valence-electron chi connectivity index (χ1n) is 5.12. The predicted octanol–water partition coefficient (Wildman–Crippen LogP) is 1.19. The molecule has 0 radical (unpaired) electrons. The number of aromatic nitrogens is 2. The van der Waals surface area contributed by atoms with Crippen molar-refractivity contribution in [3.8, 4) is 0 Å². The summed E-state index contributed by atoms with van der Waals surface area (Å²) in [5.41, 5.74) is 1.08. The normalized spacial score (nSPS) is 24.4. The van der Waals surface area contributed by atoms with Gasteiger partial charge in [-0.1, -0.05) is 0 Å². The Hall–Kier alpha value is -0.870. The minimum absolute atomic E-state index is 0.161. The fraction of sp³-hybridized carbons (Fsp3) is 0.700. The number of hydrogen-bond acceptors (Lipinski definition) is 3. The van der Waals surface area contributed by atoms with E-state index in [0.717, 1.165) is 25.4 Å². The first-order chi connectivity index (χ1) is 6.77. The summed E-state index contributed by atoms with van der Waals surface area (Å²) in [4.78, 5) is 2.43. The van der Waals surface area contributed by atoms with E-state index < -0.39 is 0 Å². The van der Waals surface area contributed by atoms with Gasteiger partial charge < -0.3 is 4.74 Å². The Labute approximate surface area is 84.3 Å². The fourth-order valence-corrected chi connectivity index (χ4v) is 1.77. The molecule has 2 rings (SSSR count). The summed E-state index contributed by atoms with van der Waals surface area (Å²) < 4.78 is 5.69. The zero-order valence-corrected chi connectivity index (χ0v) is 8.73. The predicted molar refractivity (Wildman–Crippen MR) is 54.0 cm³/mol. The topological polar surface area (TPSA) is 41.1 Å². The molecule has 78 valence electrons. The molecule has 0 saturated carbocycles. The molecule has 1 aromatic rings. The molecule has 4 nitrogen and oxygen atoms in total.